The molecule has 1 aromatic rings. The average Bonchev–Trinajstić information content (AvgIpc) is 2.75. The van der Waals surface area contributed by atoms with Gasteiger partial charge in [-0.1, -0.05) is 5.16 Å². The summed E-state index contributed by atoms with van der Waals surface area (Å²) in [5.74, 6) is 1.04. The van der Waals surface area contributed by atoms with E-state index in [0.717, 1.165) is 19.5 Å². The minimum absolute atomic E-state index is 0.220. The summed E-state index contributed by atoms with van der Waals surface area (Å²) in [6.07, 6.45) is 2.24. The van der Waals surface area contributed by atoms with Gasteiger partial charge < -0.3 is 9.63 Å². The van der Waals surface area contributed by atoms with Gasteiger partial charge in [-0.05, 0) is 25.8 Å². The van der Waals surface area contributed by atoms with Crippen molar-refractivity contribution in [2.24, 2.45) is 5.92 Å². The topological polar surface area (TPSA) is 62.4 Å². The summed E-state index contributed by atoms with van der Waals surface area (Å²) in [6.45, 7) is 4.46. The highest BCUT2D eigenvalue weighted by atomic mass is 16.5. The van der Waals surface area contributed by atoms with Gasteiger partial charge in [0.05, 0.1) is 12.6 Å². The van der Waals surface area contributed by atoms with Crippen molar-refractivity contribution in [1.29, 1.82) is 0 Å². The molecule has 1 aliphatic rings. The van der Waals surface area contributed by atoms with Crippen molar-refractivity contribution in [3.05, 3.63) is 12.2 Å². The lowest BCUT2D eigenvalue weighted by molar-refractivity contribution is 0.125. The fourth-order valence-electron chi connectivity index (χ4n) is 1.86. The Balaban J connectivity index is 1.84. The van der Waals surface area contributed by atoms with Crippen LogP contribution in [0.1, 0.15) is 19.2 Å². The SMILES string of the molecule is CC(O)C1CCN(Cc2ncno2)C1. The van der Waals surface area contributed by atoms with Crippen LogP contribution < -0.4 is 0 Å². The van der Waals surface area contributed by atoms with Gasteiger partial charge in [0, 0.05) is 6.54 Å². The molecule has 14 heavy (non-hydrogen) atoms. The van der Waals surface area contributed by atoms with E-state index in [4.69, 9.17) is 4.52 Å². The third-order valence-corrected chi connectivity index (χ3v) is 2.76. The minimum atomic E-state index is -0.220. The molecule has 0 aliphatic carbocycles. The Labute approximate surface area is 82.7 Å². The lowest BCUT2D eigenvalue weighted by atomic mass is 10.0. The standard InChI is InChI=1S/C9H15N3O2/c1-7(13)8-2-3-12(4-8)5-9-10-6-11-14-9/h6-8,13H,2-5H2,1H3. The fourth-order valence-corrected chi connectivity index (χ4v) is 1.86. The number of likely N-dealkylation sites (tertiary alicyclic amines) is 1. The van der Waals surface area contributed by atoms with Crippen molar-refractivity contribution in [3.63, 3.8) is 0 Å². The fraction of sp³-hybridized carbons (Fsp3) is 0.778. The Bertz CT molecular complexity index is 274. The highest BCUT2D eigenvalue weighted by molar-refractivity contribution is 4.82. The second-order valence-electron chi connectivity index (χ2n) is 3.86. The Morgan fingerprint density at radius 1 is 1.79 bits per heavy atom. The van der Waals surface area contributed by atoms with Crippen LogP contribution in [-0.2, 0) is 6.54 Å². The van der Waals surface area contributed by atoms with Gasteiger partial charge in [-0.15, -0.1) is 0 Å². The molecule has 1 N–H and O–H groups in total. The second-order valence-corrected chi connectivity index (χ2v) is 3.86. The van der Waals surface area contributed by atoms with Crippen molar-refractivity contribution in [2.45, 2.75) is 26.0 Å². The first-order valence-corrected chi connectivity index (χ1v) is 4.91. The highest BCUT2D eigenvalue weighted by Gasteiger charge is 2.26. The van der Waals surface area contributed by atoms with Gasteiger partial charge in [-0.25, -0.2) is 0 Å². The molecule has 2 rings (SSSR count). The molecule has 1 aromatic heterocycles. The molecule has 0 aromatic carbocycles. The van der Waals surface area contributed by atoms with E-state index in [1.807, 2.05) is 6.92 Å². The van der Waals surface area contributed by atoms with E-state index < -0.39 is 0 Å². The number of nitrogens with zero attached hydrogens (tertiary/aromatic N) is 3. The second kappa shape index (κ2) is 4.06. The predicted octanol–water partition coefficient (Wildman–Crippen LogP) is 0.272. The molecule has 5 nitrogen and oxygen atoms in total. The number of aliphatic hydroxyl groups is 1. The lowest BCUT2D eigenvalue weighted by Crippen LogP contribution is -2.24. The first-order chi connectivity index (χ1) is 6.75. The van der Waals surface area contributed by atoms with Crippen LogP contribution in [0.4, 0.5) is 0 Å². The zero-order valence-corrected chi connectivity index (χ0v) is 8.26. The first kappa shape index (κ1) is 9.61. The van der Waals surface area contributed by atoms with E-state index in [-0.39, 0.29) is 6.10 Å². The minimum Gasteiger partial charge on any atom is -0.393 e. The van der Waals surface area contributed by atoms with Crippen LogP contribution in [0.25, 0.3) is 0 Å². The third kappa shape index (κ3) is 2.10. The monoisotopic (exact) mass is 197 g/mol. The summed E-state index contributed by atoms with van der Waals surface area (Å²) in [5.41, 5.74) is 0. The molecular formula is C9H15N3O2. The molecule has 0 radical (unpaired) electrons. The largest absolute Gasteiger partial charge is 0.393 e. The Morgan fingerprint density at radius 3 is 3.21 bits per heavy atom. The van der Waals surface area contributed by atoms with Crippen LogP contribution in [0.2, 0.25) is 0 Å². The third-order valence-electron chi connectivity index (χ3n) is 2.76. The number of aromatic nitrogens is 2. The van der Waals surface area contributed by atoms with Gasteiger partial charge in [0.25, 0.3) is 0 Å². The summed E-state index contributed by atoms with van der Waals surface area (Å²) in [6, 6.07) is 0. The summed E-state index contributed by atoms with van der Waals surface area (Å²) in [4.78, 5) is 6.19. The van der Waals surface area contributed by atoms with Gasteiger partial charge >= 0.3 is 0 Å². The zero-order chi connectivity index (χ0) is 9.97. The molecule has 1 fully saturated rings. The molecule has 1 aliphatic heterocycles. The summed E-state index contributed by atoms with van der Waals surface area (Å²) >= 11 is 0. The molecule has 0 amide bonds. The van der Waals surface area contributed by atoms with Crippen LogP contribution in [0, 0.1) is 5.92 Å². The first-order valence-electron chi connectivity index (χ1n) is 4.91. The maximum absolute atomic E-state index is 9.42. The van der Waals surface area contributed by atoms with Gasteiger partial charge in [-0.3, -0.25) is 4.90 Å². The Hall–Kier alpha value is -0.940. The summed E-state index contributed by atoms with van der Waals surface area (Å²) in [7, 11) is 0. The predicted molar refractivity (Wildman–Crippen MR) is 49.4 cm³/mol. The van der Waals surface area contributed by atoms with Crippen molar-refractivity contribution in [3.8, 4) is 0 Å². The molecular weight excluding hydrogens is 182 g/mol. The van der Waals surface area contributed by atoms with Gasteiger partial charge in [-0.2, -0.15) is 4.98 Å². The normalized spacial score (nSPS) is 25.4. The van der Waals surface area contributed by atoms with Crippen molar-refractivity contribution in [1.82, 2.24) is 15.0 Å². The van der Waals surface area contributed by atoms with Crippen LogP contribution in [0.15, 0.2) is 10.9 Å². The molecule has 0 spiro atoms. The number of hydrogen-bond acceptors (Lipinski definition) is 5. The van der Waals surface area contributed by atoms with Crippen LogP contribution >= 0.6 is 0 Å². The Morgan fingerprint density at radius 2 is 2.64 bits per heavy atom. The van der Waals surface area contributed by atoms with E-state index >= 15 is 0 Å². The van der Waals surface area contributed by atoms with Crippen LogP contribution in [0.5, 0.6) is 0 Å². The van der Waals surface area contributed by atoms with E-state index in [1.54, 1.807) is 0 Å². The van der Waals surface area contributed by atoms with Gasteiger partial charge in [0.1, 0.15) is 0 Å². The smallest absolute Gasteiger partial charge is 0.240 e. The van der Waals surface area contributed by atoms with Crippen LogP contribution in [-0.4, -0.2) is 39.3 Å². The Kier molecular flexibility index (Phi) is 2.79. The highest BCUT2D eigenvalue weighted by Crippen LogP contribution is 2.20. The van der Waals surface area contributed by atoms with E-state index in [1.165, 1.54) is 6.33 Å². The molecule has 2 heterocycles. The number of rotatable bonds is 3. The van der Waals surface area contributed by atoms with Crippen molar-refractivity contribution >= 4 is 0 Å². The molecule has 2 atom stereocenters. The lowest BCUT2D eigenvalue weighted by Gasteiger charge is -2.14. The number of hydrogen-bond donors (Lipinski definition) is 1. The molecule has 5 heteroatoms. The molecule has 0 saturated carbocycles. The van der Waals surface area contributed by atoms with E-state index in [9.17, 15) is 5.11 Å². The average molecular weight is 197 g/mol. The number of aliphatic hydroxyl groups excluding tert-OH is 1. The molecule has 2 unspecified atom stereocenters. The summed E-state index contributed by atoms with van der Waals surface area (Å²) < 4.78 is 4.93. The molecule has 78 valence electrons. The maximum Gasteiger partial charge on any atom is 0.240 e. The summed E-state index contributed by atoms with van der Waals surface area (Å²) in [5, 5.41) is 13.0. The quantitative estimate of drug-likeness (QED) is 0.753. The van der Waals surface area contributed by atoms with E-state index in [0.29, 0.717) is 18.4 Å². The van der Waals surface area contributed by atoms with Gasteiger partial charge in [0.2, 0.25) is 5.89 Å². The van der Waals surface area contributed by atoms with Crippen LogP contribution in [0.3, 0.4) is 0 Å². The van der Waals surface area contributed by atoms with E-state index in [2.05, 4.69) is 15.0 Å². The van der Waals surface area contributed by atoms with Crippen molar-refractivity contribution < 1.29 is 9.63 Å². The zero-order valence-electron chi connectivity index (χ0n) is 8.26. The maximum atomic E-state index is 9.42. The van der Waals surface area contributed by atoms with Gasteiger partial charge in [0.15, 0.2) is 6.33 Å². The molecule has 0 bridgehead atoms. The molecule has 1 saturated heterocycles. The van der Waals surface area contributed by atoms with Crippen molar-refractivity contribution in [2.75, 3.05) is 13.1 Å².